The van der Waals surface area contributed by atoms with Gasteiger partial charge in [0.1, 0.15) is 5.75 Å². The zero-order valence-electron chi connectivity index (χ0n) is 18.3. The first-order chi connectivity index (χ1) is 15.9. The van der Waals surface area contributed by atoms with E-state index in [-0.39, 0.29) is 17.6 Å². The summed E-state index contributed by atoms with van der Waals surface area (Å²) in [4.78, 5) is 21.1. The van der Waals surface area contributed by atoms with Crippen molar-refractivity contribution in [3.63, 3.8) is 0 Å². The highest BCUT2D eigenvalue weighted by atomic mass is 19.3. The number of carbonyl (C=O) groups excluding carboxylic acids is 1. The fraction of sp³-hybridized carbons (Fsp3) is 0.208. The number of hydrogen-bond acceptors (Lipinski definition) is 5. The van der Waals surface area contributed by atoms with Gasteiger partial charge in [0.15, 0.2) is 11.5 Å². The van der Waals surface area contributed by atoms with Crippen molar-refractivity contribution in [2.45, 2.75) is 26.4 Å². The Morgan fingerprint density at radius 2 is 1.85 bits per heavy atom. The minimum Gasteiger partial charge on any atom is -0.435 e. The number of benzene rings is 2. The molecule has 4 rings (SSSR count). The number of fused-ring (bicyclic) bond motifs is 1. The van der Waals surface area contributed by atoms with E-state index in [0.29, 0.717) is 17.0 Å². The highest BCUT2D eigenvalue weighted by Gasteiger charge is 2.15. The number of imidazole rings is 1. The van der Waals surface area contributed by atoms with E-state index in [1.54, 1.807) is 43.8 Å². The van der Waals surface area contributed by atoms with Crippen LogP contribution >= 0.6 is 0 Å². The average molecular weight is 451 g/mol. The van der Waals surface area contributed by atoms with Crippen LogP contribution in [-0.2, 0) is 0 Å². The number of alkyl halides is 2. The number of ether oxygens (including phenoxy) is 1. The lowest BCUT2D eigenvalue weighted by Gasteiger charge is -2.15. The topological polar surface area (TPSA) is 80.6 Å². The molecule has 0 spiro atoms. The summed E-state index contributed by atoms with van der Waals surface area (Å²) in [5, 5.41) is 5.96. The molecular formula is C24H23F2N5O2. The minimum absolute atomic E-state index is 0.0905. The van der Waals surface area contributed by atoms with Crippen LogP contribution in [0.5, 0.6) is 5.75 Å². The summed E-state index contributed by atoms with van der Waals surface area (Å²) < 4.78 is 31.1. The maximum atomic E-state index is 12.4. The van der Waals surface area contributed by atoms with Crippen molar-refractivity contribution >= 4 is 23.1 Å². The van der Waals surface area contributed by atoms with E-state index in [4.69, 9.17) is 0 Å². The minimum atomic E-state index is -2.87. The Morgan fingerprint density at radius 1 is 1.09 bits per heavy atom. The maximum Gasteiger partial charge on any atom is 0.387 e. The van der Waals surface area contributed by atoms with Crippen LogP contribution in [0.3, 0.4) is 0 Å². The Hall–Kier alpha value is -4.01. The smallest absolute Gasteiger partial charge is 0.387 e. The van der Waals surface area contributed by atoms with E-state index >= 15 is 0 Å². The van der Waals surface area contributed by atoms with E-state index in [2.05, 4.69) is 25.3 Å². The Labute approximate surface area is 189 Å². The molecule has 33 heavy (non-hydrogen) atoms. The first kappa shape index (κ1) is 22.2. The number of amides is 1. The number of hydrogen-bond donors (Lipinski definition) is 2. The Kier molecular flexibility index (Phi) is 6.21. The maximum absolute atomic E-state index is 12.4. The lowest BCUT2D eigenvalue weighted by Crippen LogP contribution is -2.20. The number of aromatic nitrogens is 3. The molecule has 9 heteroatoms. The molecule has 0 bridgehead atoms. The van der Waals surface area contributed by atoms with E-state index in [1.807, 2.05) is 30.4 Å². The van der Waals surface area contributed by atoms with E-state index in [1.165, 1.54) is 12.1 Å². The molecule has 0 aliphatic rings. The first-order valence-electron chi connectivity index (χ1n) is 10.4. The normalized spacial score (nSPS) is 11.2. The Balaban J connectivity index is 1.66. The summed E-state index contributed by atoms with van der Waals surface area (Å²) in [6.07, 6.45) is 5.12. The molecule has 0 aliphatic heterocycles. The van der Waals surface area contributed by atoms with Gasteiger partial charge in [-0.15, -0.1) is 0 Å². The highest BCUT2D eigenvalue weighted by molar-refractivity contribution is 5.96. The van der Waals surface area contributed by atoms with Gasteiger partial charge in [-0.3, -0.25) is 9.20 Å². The third-order valence-corrected chi connectivity index (χ3v) is 5.21. The molecule has 2 heterocycles. The van der Waals surface area contributed by atoms with Gasteiger partial charge in [0.2, 0.25) is 0 Å². The molecule has 7 nitrogen and oxygen atoms in total. The predicted molar refractivity (Wildman–Crippen MR) is 122 cm³/mol. The molecule has 1 amide bonds. The van der Waals surface area contributed by atoms with Gasteiger partial charge in [-0.25, -0.2) is 9.97 Å². The summed E-state index contributed by atoms with van der Waals surface area (Å²) in [7, 11) is 1.61. The van der Waals surface area contributed by atoms with Crippen LogP contribution in [0.15, 0.2) is 61.1 Å². The molecule has 170 valence electrons. The predicted octanol–water partition coefficient (Wildman–Crippen LogP) is 5.22. The van der Waals surface area contributed by atoms with Crippen LogP contribution in [0.2, 0.25) is 0 Å². The zero-order chi connectivity index (χ0) is 23.5. The molecule has 0 atom stereocenters. The molecule has 0 saturated carbocycles. The quantitative estimate of drug-likeness (QED) is 0.403. The number of nitrogens with one attached hydrogen (secondary N) is 2. The lowest BCUT2D eigenvalue weighted by molar-refractivity contribution is -0.0498. The van der Waals surface area contributed by atoms with Gasteiger partial charge in [-0.2, -0.15) is 8.78 Å². The van der Waals surface area contributed by atoms with E-state index in [9.17, 15) is 13.6 Å². The van der Waals surface area contributed by atoms with Crippen molar-refractivity contribution in [1.29, 1.82) is 0 Å². The lowest BCUT2D eigenvalue weighted by atomic mass is 9.96. The second kappa shape index (κ2) is 9.23. The molecule has 0 saturated heterocycles. The van der Waals surface area contributed by atoms with Crippen molar-refractivity contribution in [2.75, 3.05) is 12.4 Å². The fourth-order valence-electron chi connectivity index (χ4n) is 3.62. The van der Waals surface area contributed by atoms with E-state index in [0.717, 1.165) is 22.5 Å². The van der Waals surface area contributed by atoms with Crippen LogP contribution in [0, 0.1) is 0 Å². The molecule has 0 radical (unpaired) electrons. The van der Waals surface area contributed by atoms with Crippen LogP contribution in [0.25, 0.3) is 16.9 Å². The van der Waals surface area contributed by atoms with Gasteiger partial charge in [0.25, 0.3) is 5.91 Å². The monoisotopic (exact) mass is 451 g/mol. The van der Waals surface area contributed by atoms with Gasteiger partial charge >= 0.3 is 6.61 Å². The number of nitrogens with zero attached hydrogens (tertiary/aromatic N) is 3. The summed E-state index contributed by atoms with van der Waals surface area (Å²) >= 11 is 0. The number of carbonyl (C=O) groups is 1. The summed E-state index contributed by atoms with van der Waals surface area (Å²) in [5.74, 6) is 0.655. The third kappa shape index (κ3) is 4.62. The molecule has 0 unspecified atom stereocenters. The number of rotatable bonds is 7. The number of halogens is 2. The van der Waals surface area contributed by atoms with Gasteiger partial charge in [-0.05, 0) is 53.9 Å². The van der Waals surface area contributed by atoms with Gasteiger partial charge in [-0.1, -0.05) is 13.8 Å². The van der Waals surface area contributed by atoms with Gasteiger partial charge in [0, 0.05) is 36.3 Å². The average Bonchev–Trinajstić information content (AvgIpc) is 3.24. The van der Waals surface area contributed by atoms with Crippen molar-refractivity contribution < 1.29 is 18.3 Å². The SMILES string of the molecule is CNC(=O)c1ccc(Nc2nccn3c(-c4ccc(OC(F)F)cc4)cnc23)cc1C(C)C. The first-order valence-corrected chi connectivity index (χ1v) is 10.4. The molecule has 4 aromatic rings. The molecular weight excluding hydrogens is 428 g/mol. The van der Waals surface area contributed by atoms with Gasteiger partial charge < -0.3 is 15.4 Å². The summed E-state index contributed by atoms with van der Waals surface area (Å²) in [5.41, 5.74) is 4.50. The Morgan fingerprint density at radius 3 is 2.52 bits per heavy atom. The largest absolute Gasteiger partial charge is 0.435 e. The van der Waals surface area contributed by atoms with Crippen molar-refractivity contribution in [1.82, 2.24) is 19.7 Å². The molecule has 2 aromatic heterocycles. The fourth-order valence-corrected chi connectivity index (χ4v) is 3.62. The van der Waals surface area contributed by atoms with Crippen molar-refractivity contribution in [3.05, 3.63) is 72.2 Å². The molecule has 0 aliphatic carbocycles. The highest BCUT2D eigenvalue weighted by Crippen LogP contribution is 2.29. The molecule has 0 fully saturated rings. The zero-order valence-corrected chi connectivity index (χ0v) is 18.3. The molecule has 2 aromatic carbocycles. The third-order valence-electron chi connectivity index (χ3n) is 5.21. The van der Waals surface area contributed by atoms with Gasteiger partial charge in [0.05, 0.1) is 11.9 Å². The second-order valence-corrected chi connectivity index (χ2v) is 7.68. The van der Waals surface area contributed by atoms with Crippen LogP contribution in [0.1, 0.15) is 35.7 Å². The Bertz CT molecular complexity index is 1290. The molecule has 2 N–H and O–H groups in total. The summed E-state index contributed by atoms with van der Waals surface area (Å²) in [6.45, 7) is 1.19. The van der Waals surface area contributed by atoms with Crippen molar-refractivity contribution in [3.8, 4) is 17.0 Å². The van der Waals surface area contributed by atoms with E-state index < -0.39 is 6.61 Å². The van der Waals surface area contributed by atoms with Crippen LogP contribution in [0.4, 0.5) is 20.3 Å². The van der Waals surface area contributed by atoms with Crippen molar-refractivity contribution in [2.24, 2.45) is 0 Å². The van der Waals surface area contributed by atoms with Crippen LogP contribution < -0.4 is 15.4 Å². The standard InChI is InChI=1S/C24H23F2N5O2/c1-14(2)19-12-16(6-9-18(19)23(32)27-3)30-21-22-29-13-20(31(22)11-10-28-21)15-4-7-17(8-5-15)33-24(25)26/h4-14,24H,1-3H3,(H,27,32)(H,28,30). The van der Waals surface area contributed by atoms with Crippen LogP contribution in [-0.4, -0.2) is 33.9 Å². The second-order valence-electron chi connectivity index (χ2n) is 7.68. The number of anilines is 2. The summed E-state index contributed by atoms with van der Waals surface area (Å²) in [6, 6.07) is 11.9.